The van der Waals surface area contributed by atoms with Gasteiger partial charge in [0.1, 0.15) is 0 Å². The van der Waals surface area contributed by atoms with Crippen molar-refractivity contribution in [1.29, 1.82) is 0 Å². The van der Waals surface area contributed by atoms with Crippen LogP contribution in [0.2, 0.25) is 0 Å². The molecule has 0 aromatic heterocycles. The van der Waals surface area contributed by atoms with Gasteiger partial charge >= 0.3 is 8.69 Å². The van der Waals surface area contributed by atoms with E-state index in [-0.39, 0.29) is 32.2 Å². The van der Waals surface area contributed by atoms with E-state index in [9.17, 15) is 4.57 Å². The summed E-state index contributed by atoms with van der Waals surface area (Å²) >= 11 is 0. The van der Waals surface area contributed by atoms with Crippen molar-refractivity contribution >= 4 is 26.0 Å². The zero-order valence-electron chi connectivity index (χ0n) is 6.67. The van der Waals surface area contributed by atoms with Crippen LogP contribution in [0.5, 0.6) is 0 Å². The Bertz CT molecular complexity index is 84.5. The van der Waals surface area contributed by atoms with Crippen molar-refractivity contribution in [3.05, 3.63) is 0 Å². The fourth-order valence-electron chi connectivity index (χ4n) is 0.955. The minimum atomic E-state index is -0.176. The summed E-state index contributed by atoms with van der Waals surface area (Å²) in [6, 6.07) is 0. The van der Waals surface area contributed by atoms with Crippen LogP contribution >= 0.6 is 8.69 Å². The van der Waals surface area contributed by atoms with Gasteiger partial charge in [0, 0.05) is 0 Å². The van der Waals surface area contributed by atoms with E-state index in [0.29, 0.717) is 0 Å². The first-order valence-corrected chi connectivity index (χ1v) is 4.56. The predicted octanol–water partition coefficient (Wildman–Crippen LogP) is 1.99. The standard InChI is InChI=1S/C7H15O2P.Al.3H/c1-3-5-7(6-4-2)9-10-8;;;;/h7H,3-6H2,1-2H3;;;;. The molecule has 0 fully saturated rings. The lowest BCUT2D eigenvalue weighted by Crippen LogP contribution is -2.05. The number of rotatable bonds is 6. The van der Waals surface area contributed by atoms with Crippen LogP contribution in [-0.4, -0.2) is 23.5 Å². The van der Waals surface area contributed by atoms with Gasteiger partial charge in [-0.1, -0.05) is 26.7 Å². The second kappa shape index (κ2) is 10.6. The van der Waals surface area contributed by atoms with Gasteiger partial charge in [0.25, 0.3) is 0 Å². The molecule has 0 N–H and O–H groups in total. The summed E-state index contributed by atoms with van der Waals surface area (Å²) in [7, 11) is -0.176. The zero-order valence-corrected chi connectivity index (χ0v) is 7.56. The maximum atomic E-state index is 10.0. The van der Waals surface area contributed by atoms with Crippen molar-refractivity contribution in [2.45, 2.75) is 45.6 Å². The Morgan fingerprint density at radius 2 is 1.73 bits per heavy atom. The average molecular weight is 192 g/mol. The second-order valence-corrected chi connectivity index (χ2v) is 2.74. The van der Waals surface area contributed by atoms with Gasteiger partial charge in [-0.15, -0.1) is 0 Å². The Morgan fingerprint density at radius 3 is 2.00 bits per heavy atom. The fraction of sp³-hybridized carbons (Fsp3) is 1.00. The molecule has 4 heteroatoms. The lowest BCUT2D eigenvalue weighted by Gasteiger charge is -2.09. The molecule has 0 spiro atoms. The molecule has 0 saturated carbocycles. The molecule has 0 aromatic rings. The van der Waals surface area contributed by atoms with Gasteiger partial charge in [-0.2, -0.15) is 0 Å². The molecule has 0 aliphatic rings. The van der Waals surface area contributed by atoms with Gasteiger partial charge in [0.05, 0.1) is 6.10 Å². The van der Waals surface area contributed by atoms with E-state index in [2.05, 4.69) is 13.8 Å². The Balaban J connectivity index is 0. The summed E-state index contributed by atoms with van der Waals surface area (Å²) in [5.41, 5.74) is 0. The highest BCUT2D eigenvalue weighted by Gasteiger charge is 2.05. The topological polar surface area (TPSA) is 26.3 Å². The van der Waals surface area contributed by atoms with Crippen molar-refractivity contribution in [2.75, 3.05) is 0 Å². The van der Waals surface area contributed by atoms with Crippen LogP contribution in [-0.2, 0) is 9.09 Å². The summed E-state index contributed by atoms with van der Waals surface area (Å²) in [4.78, 5) is 0. The van der Waals surface area contributed by atoms with Gasteiger partial charge in [0.2, 0.25) is 0 Å². The zero-order chi connectivity index (χ0) is 7.82. The molecule has 0 aliphatic heterocycles. The molecule has 66 valence electrons. The van der Waals surface area contributed by atoms with Crippen molar-refractivity contribution in [3.8, 4) is 0 Å². The van der Waals surface area contributed by atoms with E-state index in [1.54, 1.807) is 0 Å². The predicted molar refractivity (Wildman–Crippen MR) is 52.2 cm³/mol. The summed E-state index contributed by atoms with van der Waals surface area (Å²) in [6.45, 7) is 4.21. The van der Waals surface area contributed by atoms with Gasteiger partial charge in [-0.3, -0.25) is 4.52 Å². The highest BCUT2D eigenvalue weighted by Crippen LogP contribution is 2.13. The van der Waals surface area contributed by atoms with E-state index < -0.39 is 0 Å². The highest BCUT2D eigenvalue weighted by atomic mass is 31.1. The molecule has 0 aliphatic carbocycles. The Hall–Kier alpha value is 0.592. The Kier molecular flexibility index (Phi) is 13.6. The van der Waals surface area contributed by atoms with E-state index in [1.165, 1.54) is 0 Å². The highest BCUT2D eigenvalue weighted by molar-refractivity contribution is 7.17. The molecule has 0 saturated heterocycles. The molecule has 2 nitrogen and oxygen atoms in total. The molecular formula is C7H18AlO2P. The third kappa shape index (κ3) is 8.50. The van der Waals surface area contributed by atoms with Crippen LogP contribution in [0.25, 0.3) is 0 Å². The first-order valence-electron chi connectivity index (χ1n) is 3.83. The average Bonchev–Trinajstić information content (AvgIpc) is 1.90. The third-order valence-corrected chi connectivity index (χ3v) is 1.80. The maximum Gasteiger partial charge on any atom is 0.327 e. The molecule has 0 amide bonds. The van der Waals surface area contributed by atoms with Gasteiger partial charge in [0.15, 0.2) is 17.4 Å². The van der Waals surface area contributed by atoms with E-state index in [1.807, 2.05) is 0 Å². The van der Waals surface area contributed by atoms with Gasteiger partial charge in [-0.05, 0) is 12.8 Å². The molecule has 0 rings (SSSR count). The van der Waals surface area contributed by atoms with Crippen LogP contribution in [0.3, 0.4) is 0 Å². The van der Waals surface area contributed by atoms with Crippen LogP contribution < -0.4 is 0 Å². The van der Waals surface area contributed by atoms with Crippen molar-refractivity contribution in [3.63, 3.8) is 0 Å². The quantitative estimate of drug-likeness (QED) is 0.475. The third-order valence-electron chi connectivity index (χ3n) is 1.41. The largest absolute Gasteiger partial charge is 0.327 e. The molecule has 0 unspecified atom stereocenters. The second-order valence-electron chi connectivity index (χ2n) is 2.38. The summed E-state index contributed by atoms with van der Waals surface area (Å²) in [6.07, 6.45) is 4.43. The van der Waals surface area contributed by atoms with Crippen molar-refractivity contribution < 1.29 is 9.09 Å². The molecule has 0 radical (unpaired) electrons. The van der Waals surface area contributed by atoms with Crippen LogP contribution in [0.15, 0.2) is 0 Å². The molecule has 0 heterocycles. The van der Waals surface area contributed by atoms with Crippen LogP contribution in [0.4, 0.5) is 0 Å². The maximum absolute atomic E-state index is 10.0. The normalized spacial score (nSPS) is 10.1. The Labute approximate surface area is 81.1 Å². The summed E-state index contributed by atoms with van der Waals surface area (Å²) in [5, 5.41) is 0. The molecule has 0 aromatic carbocycles. The minimum Gasteiger partial charge on any atom is -0.291 e. The summed E-state index contributed by atoms with van der Waals surface area (Å²) < 4.78 is 15.0. The Morgan fingerprint density at radius 1 is 1.27 bits per heavy atom. The molecular weight excluding hydrogens is 174 g/mol. The van der Waals surface area contributed by atoms with Gasteiger partial charge in [-0.25, -0.2) is 4.57 Å². The van der Waals surface area contributed by atoms with Crippen molar-refractivity contribution in [1.82, 2.24) is 0 Å². The minimum absolute atomic E-state index is 0. The lowest BCUT2D eigenvalue weighted by molar-refractivity contribution is 0.199. The number of hydrogen-bond acceptors (Lipinski definition) is 2. The van der Waals surface area contributed by atoms with E-state index in [0.717, 1.165) is 25.7 Å². The molecule has 0 atom stereocenters. The SMILES string of the molecule is CCCC(CCC)OP=O.[AlH3]. The number of hydrogen-bond donors (Lipinski definition) is 0. The smallest absolute Gasteiger partial charge is 0.291 e. The first-order chi connectivity index (χ1) is 4.85. The van der Waals surface area contributed by atoms with Gasteiger partial charge < -0.3 is 0 Å². The fourth-order valence-corrected chi connectivity index (χ4v) is 1.29. The van der Waals surface area contributed by atoms with Crippen LogP contribution in [0, 0.1) is 0 Å². The lowest BCUT2D eigenvalue weighted by atomic mass is 10.1. The monoisotopic (exact) mass is 192 g/mol. The summed E-state index contributed by atoms with van der Waals surface area (Å²) in [5.74, 6) is 0. The molecule has 11 heavy (non-hydrogen) atoms. The van der Waals surface area contributed by atoms with E-state index >= 15 is 0 Å². The molecule has 0 bridgehead atoms. The first kappa shape index (κ1) is 14.1. The van der Waals surface area contributed by atoms with E-state index in [4.69, 9.17) is 4.52 Å². The van der Waals surface area contributed by atoms with Crippen molar-refractivity contribution in [2.24, 2.45) is 0 Å². The van der Waals surface area contributed by atoms with Crippen LogP contribution in [0.1, 0.15) is 39.5 Å².